The normalized spacial score (nSPS) is 16.0. The van der Waals surface area contributed by atoms with Crippen molar-refractivity contribution in [1.82, 2.24) is 20.4 Å². The second-order valence-corrected chi connectivity index (χ2v) is 6.27. The maximum absolute atomic E-state index is 12.7. The van der Waals surface area contributed by atoms with Gasteiger partial charge in [0.15, 0.2) is 0 Å². The Morgan fingerprint density at radius 2 is 2.04 bits per heavy atom. The molecule has 1 aromatic heterocycles. The van der Waals surface area contributed by atoms with Gasteiger partial charge in [-0.25, -0.2) is 4.68 Å². The van der Waals surface area contributed by atoms with Gasteiger partial charge in [0.05, 0.1) is 23.9 Å². The van der Waals surface area contributed by atoms with Crippen molar-refractivity contribution in [2.75, 3.05) is 26.8 Å². The van der Waals surface area contributed by atoms with Crippen LogP contribution in [0.4, 0.5) is 0 Å². The van der Waals surface area contributed by atoms with Crippen molar-refractivity contribution in [3.63, 3.8) is 0 Å². The van der Waals surface area contributed by atoms with Crippen molar-refractivity contribution >= 4 is 18.3 Å². The van der Waals surface area contributed by atoms with Gasteiger partial charge in [0.2, 0.25) is 5.91 Å². The lowest BCUT2D eigenvalue weighted by molar-refractivity contribution is -0.136. The van der Waals surface area contributed by atoms with Gasteiger partial charge >= 0.3 is 0 Å². The van der Waals surface area contributed by atoms with Crippen LogP contribution in [0.15, 0.2) is 42.7 Å². The Bertz CT molecular complexity index is 663. The van der Waals surface area contributed by atoms with E-state index in [2.05, 4.69) is 15.7 Å². The SMILES string of the molecule is COCC1(C(=O)NCc2cnn(-c3ccccc3)c2)CCNCC1.Cl. The minimum Gasteiger partial charge on any atom is -0.384 e. The molecule has 0 unspecified atom stereocenters. The summed E-state index contributed by atoms with van der Waals surface area (Å²) in [7, 11) is 1.65. The van der Waals surface area contributed by atoms with Crippen LogP contribution in [0.25, 0.3) is 5.69 Å². The number of rotatable bonds is 6. The van der Waals surface area contributed by atoms with Crippen molar-refractivity contribution in [3.8, 4) is 5.69 Å². The smallest absolute Gasteiger partial charge is 0.228 e. The molecule has 136 valence electrons. The number of ether oxygens (including phenoxy) is 1. The number of nitrogens with zero attached hydrogens (tertiary/aromatic N) is 2. The minimum absolute atomic E-state index is 0. The number of hydrogen-bond donors (Lipinski definition) is 2. The molecule has 0 atom stereocenters. The minimum atomic E-state index is -0.421. The molecule has 0 aliphatic carbocycles. The van der Waals surface area contributed by atoms with Gasteiger partial charge in [-0.1, -0.05) is 18.2 Å². The third-order valence-corrected chi connectivity index (χ3v) is 4.57. The quantitative estimate of drug-likeness (QED) is 0.821. The van der Waals surface area contributed by atoms with Crippen LogP contribution >= 0.6 is 12.4 Å². The van der Waals surface area contributed by atoms with Gasteiger partial charge in [-0.3, -0.25) is 4.79 Å². The van der Waals surface area contributed by atoms with Gasteiger partial charge in [0, 0.05) is 25.4 Å². The second kappa shape index (κ2) is 8.99. The highest BCUT2D eigenvalue weighted by Gasteiger charge is 2.39. The van der Waals surface area contributed by atoms with Crippen LogP contribution in [0.2, 0.25) is 0 Å². The van der Waals surface area contributed by atoms with E-state index in [1.165, 1.54) is 0 Å². The maximum Gasteiger partial charge on any atom is 0.228 e. The molecule has 6 nitrogen and oxygen atoms in total. The van der Waals surface area contributed by atoms with Crippen molar-refractivity contribution in [1.29, 1.82) is 0 Å². The largest absolute Gasteiger partial charge is 0.384 e. The number of carbonyl (C=O) groups excluding carboxylic acids is 1. The number of halogens is 1. The number of methoxy groups -OCH3 is 1. The van der Waals surface area contributed by atoms with Crippen LogP contribution in [0.1, 0.15) is 18.4 Å². The molecule has 0 spiro atoms. The van der Waals surface area contributed by atoms with E-state index in [4.69, 9.17) is 4.74 Å². The lowest BCUT2D eigenvalue weighted by atomic mass is 9.78. The summed E-state index contributed by atoms with van der Waals surface area (Å²) in [5.74, 6) is 0.0679. The summed E-state index contributed by atoms with van der Waals surface area (Å²) >= 11 is 0. The highest BCUT2D eigenvalue weighted by atomic mass is 35.5. The van der Waals surface area contributed by atoms with E-state index in [-0.39, 0.29) is 18.3 Å². The Hall–Kier alpha value is -1.89. The van der Waals surface area contributed by atoms with Gasteiger partial charge in [0.1, 0.15) is 0 Å². The number of benzene rings is 1. The highest BCUT2D eigenvalue weighted by Crippen LogP contribution is 2.29. The lowest BCUT2D eigenvalue weighted by Crippen LogP contribution is -2.49. The van der Waals surface area contributed by atoms with Crippen LogP contribution in [0.5, 0.6) is 0 Å². The third-order valence-electron chi connectivity index (χ3n) is 4.57. The van der Waals surface area contributed by atoms with E-state index in [1.807, 2.05) is 41.2 Å². The summed E-state index contributed by atoms with van der Waals surface area (Å²) in [6.45, 7) is 2.64. The monoisotopic (exact) mass is 364 g/mol. The summed E-state index contributed by atoms with van der Waals surface area (Å²) in [6.07, 6.45) is 5.34. The topological polar surface area (TPSA) is 68.2 Å². The number of piperidine rings is 1. The molecule has 2 N–H and O–H groups in total. The molecular formula is C18H25ClN4O2. The molecule has 1 aliphatic rings. The first-order chi connectivity index (χ1) is 11.7. The van der Waals surface area contributed by atoms with Crippen LogP contribution in [0.3, 0.4) is 0 Å². The Kier molecular flexibility index (Phi) is 6.99. The molecule has 0 saturated carbocycles. The lowest BCUT2D eigenvalue weighted by Gasteiger charge is -2.35. The maximum atomic E-state index is 12.7. The third kappa shape index (κ3) is 4.60. The van der Waals surface area contributed by atoms with Gasteiger partial charge in [0.25, 0.3) is 0 Å². The van der Waals surface area contributed by atoms with E-state index >= 15 is 0 Å². The summed E-state index contributed by atoms with van der Waals surface area (Å²) < 4.78 is 7.13. The van der Waals surface area contributed by atoms with Crippen LogP contribution < -0.4 is 10.6 Å². The zero-order chi connectivity index (χ0) is 16.8. The zero-order valence-corrected chi connectivity index (χ0v) is 15.2. The number of para-hydroxylation sites is 1. The molecule has 1 amide bonds. The Labute approximate surface area is 154 Å². The molecule has 1 fully saturated rings. The molecule has 3 rings (SSSR count). The van der Waals surface area contributed by atoms with Crippen LogP contribution in [-0.4, -0.2) is 42.5 Å². The molecule has 1 saturated heterocycles. The molecule has 1 aliphatic heterocycles. The molecule has 25 heavy (non-hydrogen) atoms. The standard InChI is InChI=1S/C18H24N4O2.ClH/c1-24-14-18(7-9-19-10-8-18)17(23)20-11-15-12-21-22(13-15)16-5-3-2-4-6-16;/h2-6,12-13,19H,7-11,14H2,1H3,(H,20,23);1H. The highest BCUT2D eigenvalue weighted by molar-refractivity contribution is 5.85. The van der Waals surface area contributed by atoms with Crippen LogP contribution in [0, 0.1) is 5.41 Å². The Balaban J connectivity index is 0.00000225. The fourth-order valence-electron chi connectivity index (χ4n) is 3.16. The number of aromatic nitrogens is 2. The van der Waals surface area contributed by atoms with Crippen LogP contribution in [-0.2, 0) is 16.1 Å². The first-order valence-electron chi connectivity index (χ1n) is 8.30. The van der Waals surface area contributed by atoms with Gasteiger partial charge < -0.3 is 15.4 Å². The van der Waals surface area contributed by atoms with E-state index in [0.29, 0.717) is 13.2 Å². The first-order valence-corrected chi connectivity index (χ1v) is 8.30. The van der Waals surface area contributed by atoms with E-state index in [1.54, 1.807) is 13.3 Å². The average Bonchev–Trinajstić information content (AvgIpc) is 3.10. The Morgan fingerprint density at radius 1 is 1.32 bits per heavy atom. The van der Waals surface area contributed by atoms with E-state index in [9.17, 15) is 4.79 Å². The molecule has 1 aromatic carbocycles. The van der Waals surface area contributed by atoms with Crippen molar-refractivity contribution in [2.45, 2.75) is 19.4 Å². The average molecular weight is 365 g/mol. The fraction of sp³-hybridized carbons (Fsp3) is 0.444. The molecular weight excluding hydrogens is 340 g/mol. The number of carbonyl (C=O) groups is 1. The molecule has 0 radical (unpaired) electrons. The van der Waals surface area contributed by atoms with Gasteiger partial charge in [-0.2, -0.15) is 5.10 Å². The summed E-state index contributed by atoms with van der Waals surface area (Å²) in [6, 6.07) is 9.92. The van der Waals surface area contributed by atoms with Gasteiger partial charge in [-0.15, -0.1) is 12.4 Å². The molecule has 2 aromatic rings. The van der Waals surface area contributed by atoms with Crippen molar-refractivity contribution < 1.29 is 9.53 Å². The van der Waals surface area contributed by atoms with Gasteiger partial charge in [-0.05, 0) is 38.1 Å². The molecule has 7 heteroatoms. The van der Waals surface area contributed by atoms with Crippen molar-refractivity contribution in [2.24, 2.45) is 5.41 Å². The second-order valence-electron chi connectivity index (χ2n) is 6.27. The molecule has 2 heterocycles. The molecule has 0 bridgehead atoms. The first kappa shape index (κ1) is 19.4. The number of amides is 1. The zero-order valence-electron chi connectivity index (χ0n) is 14.4. The van der Waals surface area contributed by atoms with Crippen molar-refractivity contribution in [3.05, 3.63) is 48.3 Å². The summed E-state index contributed by atoms with van der Waals surface area (Å²) in [5, 5.41) is 10.7. The summed E-state index contributed by atoms with van der Waals surface area (Å²) in [5.41, 5.74) is 1.56. The Morgan fingerprint density at radius 3 is 2.72 bits per heavy atom. The predicted octanol–water partition coefficient (Wildman–Crippen LogP) is 1.93. The van der Waals surface area contributed by atoms with E-state index in [0.717, 1.165) is 37.2 Å². The predicted molar refractivity (Wildman–Crippen MR) is 99.1 cm³/mol. The number of hydrogen-bond acceptors (Lipinski definition) is 4. The number of nitrogens with one attached hydrogen (secondary N) is 2. The summed E-state index contributed by atoms with van der Waals surface area (Å²) in [4.78, 5) is 12.7. The van der Waals surface area contributed by atoms with E-state index < -0.39 is 5.41 Å². The fourth-order valence-corrected chi connectivity index (χ4v) is 3.16.